The van der Waals surface area contributed by atoms with Gasteiger partial charge in [0.25, 0.3) is 0 Å². The molecule has 0 aromatic heterocycles. The molecular weight excluding hydrogens is 204 g/mol. The second kappa shape index (κ2) is 4.35. The number of anilines is 1. The van der Waals surface area contributed by atoms with Crippen molar-refractivity contribution in [2.24, 2.45) is 0 Å². The van der Waals surface area contributed by atoms with Crippen molar-refractivity contribution in [1.29, 1.82) is 0 Å². The van der Waals surface area contributed by atoms with E-state index in [1.54, 1.807) is 4.90 Å². The molecule has 4 heteroatoms. The lowest BCUT2D eigenvalue weighted by molar-refractivity contribution is -0.120. The fourth-order valence-corrected chi connectivity index (χ4v) is 1.72. The van der Waals surface area contributed by atoms with Gasteiger partial charge in [0, 0.05) is 18.7 Å². The maximum absolute atomic E-state index is 11.6. The number of hydrogen-bond acceptors (Lipinski definition) is 2. The van der Waals surface area contributed by atoms with Crippen LogP contribution in [0, 0.1) is 0 Å². The van der Waals surface area contributed by atoms with Gasteiger partial charge in [0.05, 0.1) is 0 Å². The minimum atomic E-state index is -0.333. The highest BCUT2D eigenvalue weighted by atomic mass is 16.2. The third-order valence-corrected chi connectivity index (χ3v) is 2.71. The standard InChI is InChI=1S/C12H14N2O2/c1-2-9-3-5-10(6-4-9)14-8-7-11(15)13-12(14)16/h3-6H,2,7-8H2,1H3,(H,13,15,16). The Morgan fingerprint density at radius 3 is 2.50 bits per heavy atom. The number of nitrogens with one attached hydrogen (secondary N) is 1. The number of carbonyl (C=O) groups excluding carboxylic acids is 2. The topological polar surface area (TPSA) is 49.4 Å². The predicted molar refractivity (Wildman–Crippen MR) is 61.3 cm³/mol. The third kappa shape index (κ3) is 2.05. The van der Waals surface area contributed by atoms with Crippen molar-refractivity contribution in [2.45, 2.75) is 19.8 Å². The molecule has 0 spiro atoms. The quantitative estimate of drug-likeness (QED) is 0.821. The van der Waals surface area contributed by atoms with Gasteiger partial charge < -0.3 is 0 Å². The Labute approximate surface area is 94.2 Å². The average molecular weight is 218 g/mol. The SMILES string of the molecule is CCc1ccc(N2CCC(=O)NC2=O)cc1. The number of urea groups is 1. The number of amides is 3. The lowest BCUT2D eigenvalue weighted by atomic mass is 10.1. The first kappa shape index (κ1) is 10.7. The molecule has 3 amide bonds. The first-order chi connectivity index (χ1) is 7.70. The van der Waals surface area contributed by atoms with Crippen LogP contribution in [0.3, 0.4) is 0 Å². The molecule has 0 bridgehead atoms. The van der Waals surface area contributed by atoms with E-state index in [-0.39, 0.29) is 11.9 Å². The molecule has 0 saturated carbocycles. The van der Waals surface area contributed by atoms with E-state index >= 15 is 0 Å². The molecule has 1 heterocycles. The smallest absolute Gasteiger partial charge is 0.294 e. The number of imide groups is 1. The van der Waals surface area contributed by atoms with Gasteiger partial charge in [-0.2, -0.15) is 0 Å². The van der Waals surface area contributed by atoms with Crippen LogP contribution in [-0.4, -0.2) is 18.5 Å². The van der Waals surface area contributed by atoms with Gasteiger partial charge in [-0.05, 0) is 24.1 Å². The minimum absolute atomic E-state index is 0.202. The van der Waals surface area contributed by atoms with Crippen molar-refractivity contribution in [2.75, 3.05) is 11.4 Å². The zero-order chi connectivity index (χ0) is 11.5. The molecule has 0 atom stereocenters. The van der Waals surface area contributed by atoms with Crippen molar-refractivity contribution in [3.05, 3.63) is 29.8 Å². The fraction of sp³-hybridized carbons (Fsp3) is 0.333. The number of rotatable bonds is 2. The maximum atomic E-state index is 11.6. The van der Waals surface area contributed by atoms with Crippen molar-refractivity contribution >= 4 is 17.6 Å². The van der Waals surface area contributed by atoms with E-state index in [9.17, 15) is 9.59 Å². The number of benzene rings is 1. The van der Waals surface area contributed by atoms with Crippen molar-refractivity contribution < 1.29 is 9.59 Å². The number of hydrogen-bond donors (Lipinski definition) is 1. The third-order valence-electron chi connectivity index (χ3n) is 2.71. The van der Waals surface area contributed by atoms with Crippen LogP contribution in [0.1, 0.15) is 18.9 Å². The summed E-state index contributed by atoms with van der Waals surface area (Å²) >= 11 is 0. The minimum Gasteiger partial charge on any atom is -0.294 e. The van der Waals surface area contributed by atoms with Crippen LogP contribution in [0.5, 0.6) is 0 Å². The van der Waals surface area contributed by atoms with Crippen molar-refractivity contribution in [3.63, 3.8) is 0 Å². The first-order valence-corrected chi connectivity index (χ1v) is 5.41. The molecule has 1 saturated heterocycles. The van der Waals surface area contributed by atoms with E-state index in [0.29, 0.717) is 13.0 Å². The highest BCUT2D eigenvalue weighted by Gasteiger charge is 2.23. The van der Waals surface area contributed by atoms with E-state index < -0.39 is 0 Å². The molecule has 16 heavy (non-hydrogen) atoms. The van der Waals surface area contributed by atoms with Crippen LogP contribution in [0.2, 0.25) is 0 Å². The molecule has 1 aliphatic rings. The van der Waals surface area contributed by atoms with Gasteiger partial charge in [0.1, 0.15) is 0 Å². The first-order valence-electron chi connectivity index (χ1n) is 5.41. The van der Waals surface area contributed by atoms with E-state index in [1.807, 2.05) is 24.3 Å². The highest BCUT2D eigenvalue weighted by molar-refractivity contribution is 6.05. The van der Waals surface area contributed by atoms with Gasteiger partial charge in [-0.3, -0.25) is 15.0 Å². The Morgan fingerprint density at radius 1 is 1.25 bits per heavy atom. The Hall–Kier alpha value is -1.84. The number of aryl methyl sites for hydroxylation is 1. The van der Waals surface area contributed by atoms with E-state index in [2.05, 4.69) is 12.2 Å². The molecule has 0 aliphatic carbocycles. The molecule has 1 N–H and O–H groups in total. The Balaban J connectivity index is 2.17. The lowest BCUT2D eigenvalue weighted by Gasteiger charge is -2.26. The van der Waals surface area contributed by atoms with Gasteiger partial charge in [0.2, 0.25) is 5.91 Å². The molecule has 4 nitrogen and oxygen atoms in total. The Kier molecular flexibility index (Phi) is 2.90. The summed E-state index contributed by atoms with van der Waals surface area (Å²) in [5, 5.41) is 2.30. The van der Waals surface area contributed by atoms with Crippen LogP contribution >= 0.6 is 0 Å². The number of carbonyl (C=O) groups is 2. The summed E-state index contributed by atoms with van der Waals surface area (Å²) in [4.78, 5) is 24.1. The molecular formula is C12H14N2O2. The molecule has 1 aromatic rings. The number of nitrogens with zero attached hydrogens (tertiary/aromatic N) is 1. The zero-order valence-corrected chi connectivity index (χ0v) is 9.19. The monoisotopic (exact) mass is 218 g/mol. The second-order valence-electron chi connectivity index (χ2n) is 3.77. The molecule has 0 unspecified atom stereocenters. The largest absolute Gasteiger partial charge is 0.328 e. The van der Waals surface area contributed by atoms with Crippen LogP contribution in [-0.2, 0) is 11.2 Å². The highest BCUT2D eigenvalue weighted by Crippen LogP contribution is 2.17. The van der Waals surface area contributed by atoms with Crippen LogP contribution in [0.15, 0.2) is 24.3 Å². The summed E-state index contributed by atoms with van der Waals surface area (Å²) in [5.74, 6) is -0.202. The summed E-state index contributed by atoms with van der Waals surface area (Å²) in [6.45, 7) is 2.54. The van der Waals surface area contributed by atoms with Gasteiger partial charge in [0.15, 0.2) is 0 Å². The summed E-state index contributed by atoms with van der Waals surface area (Å²) in [6.07, 6.45) is 1.34. The lowest BCUT2D eigenvalue weighted by Crippen LogP contribution is -2.49. The van der Waals surface area contributed by atoms with Crippen LogP contribution in [0.4, 0.5) is 10.5 Å². The van der Waals surface area contributed by atoms with E-state index in [4.69, 9.17) is 0 Å². The van der Waals surface area contributed by atoms with Crippen LogP contribution in [0.25, 0.3) is 0 Å². The van der Waals surface area contributed by atoms with Crippen LogP contribution < -0.4 is 10.2 Å². The van der Waals surface area contributed by atoms with E-state index in [1.165, 1.54) is 5.56 Å². The van der Waals surface area contributed by atoms with Gasteiger partial charge in [-0.25, -0.2) is 4.79 Å². The second-order valence-corrected chi connectivity index (χ2v) is 3.77. The summed E-state index contributed by atoms with van der Waals surface area (Å²) in [5.41, 5.74) is 2.07. The summed E-state index contributed by atoms with van der Waals surface area (Å²) < 4.78 is 0. The van der Waals surface area contributed by atoms with Gasteiger partial charge >= 0.3 is 6.03 Å². The van der Waals surface area contributed by atoms with Crippen molar-refractivity contribution in [3.8, 4) is 0 Å². The summed E-state index contributed by atoms with van der Waals surface area (Å²) in [6, 6.07) is 7.49. The molecule has 1 aliphatic heterocycles. The average Bonchev–Trinajstić information content (AvgIpc) is 2.29. The van der Waals surface area contributed by atoms with E-state index in [0.717, 1.165) is 12.1 Å². The normalized spacial score (nSPS) is 16.2. The molecule has 1 fully saturated rings. The molecule has 1 aromatic carbocycles. The zero-order valence-electron chi connectivity index (χ0n) is 9.19. The molecule has 0 radical (unpaired) electrons. The summed E-state index contributed by atoms with van der Waals surface area (Å²) in [7, 11) is 0. The Bertz CT molecular complexity index is 412. The molecule has 84 valence electrons. The fourth-order valence-electron chi connectivity index (χ4n) is 1.72. The molecule has 2 rings (SSSR count). The Morgan fingerprint density at radius 2 is 1.94 bits per heavy atom. The van der Waals surface area contributed by atoms with Gasteiger partial charge in [-0.1, -0.05) is 19.1 Å². The predicted octanol–water partition coefficient (Wildman–Crippen LogP) is 1.70. The van der Waals surface area contributed by atoms with Crippen molar-refractivity contribution in [1.82, 2.24) is 5.32 Å². The van der Waals surface area contributed by atoms with Gasteiger partial charge in [-0.15, -0.1) is 0 Å². The maximum Gasteiger partial charge on any atom is 0.328 e.